The number of aliphatic hydroxyl groups excluding tert-OH is 1. The molecule has 0 aliphatic rings. The fourth-order valence-corrected chi connectivity index (χ4v) is 4.68. The maximum atomic E-state index is 12.2. The summed E-state index contributed by atoms with van der Waals surface area (Å²) in [4.78, 5) is 42.4. The monoisotopic (exact) mass is 656 g/mol. The predicted octanol–water partition coefficient (Wildman–Crippen LogP) is 8.59. The molecular formula is C35H61O9P. The highest BCUT2D eigenvalue weighted by Crippen LogP contribution is 2.35. The number of aliphatic hydroxyl groups is 1. The van der Waals surface area contributed by atoms with Crippen LogP contribution in [0.1, 0.15) is 136 Å². The molecule has 260 valence electrons. The summed E-state index contributed by atoms with van der Waals surface area (Å²) in [6.07, 6.45) is 31.9. The van der Waals surface area contributed by atoms with Gasteiger partial charge in [0.1, 0.15) is 6.61 Å². The number of hydrogen-bond acceptors (Lipinski definition) is 7. The van der Waals surface area contributed by atoms with Gasteiger partial charge in [-0.3, -0.25) is 14.1 Å². The summed E-state index contributed by atoms with van der Waals surface area (Å²) in [7, 11) is -4.76. The Kier molecular flexibility index (Phi) is 29.2. The van der Waals surface area contributed by atoms with Gasteiger partial charge in [0.2, 0.25) is 0 Å². The standard InChI is InChI=1S/C35H61O9P/c1-3-5-7-8-9-14-19-22-25-29-35(38)44-33(31-43-45(39,40)41)30-42-34(37)28-24-21-18-16-13-11-10-12-15-17-20-23-27-32(36)26-6-4-2/h10-11,15-18,23,27,32-33,36H,3-9,12-14,19-22,24-26,28-31H2,1-2H3,(H2,39,40,41)/b11-10-,17-15-,18-16-,27-23-/t32-,33+/m0/s1. The molecule has 45 heavy (non-hydrogen) atoms. The first kappa shape index (κ1) is 43.0. The molecule has 9 nitrogen and oxygen atoms in total. The second-order valence-electron chi connectivity index (χ2n) is 11.3. The molecule has 0 aliphatic carbocycles. The molecule has 0 aromatic heterocycles. The zero-order valence-corrected chi connectivity index (χ0v) is 28.8. The van der Waals surface area contributed by atoms with E-state index < -0.39 is 32.5 Å². The third-order valence-corrected chi connectivity index (χ3v) is 7.41. The van der Waals surface area contributed by atoms with Gasteiger partial charge >= 0.3 is 19.8 Å². The quantitative estimate of drug-likeness (QED) is 0.0300. The van der Waals surface area contributed by atoms with Crippen molar-refractivity contribution in [2.24, 2.45) is 0 Å². The van der Waals surface area contributed by atoms with E-state index >= 15 is 0 Å². The summed E-state index contributed by atoms with van der Waals surface area (Å²) in [5.74, 6) is -0.980. The van der Waals surface area contributed by atoms with E-state index in [1.807, 2.05) is 24.3 Å². The number of rotatable bonds is 30. The molecule has 10 heteroatoms. The molecule has 0 aliphatic heterocycles. The highest BCUT2D eigenvalue weighted by Gasteiger charge is 2.22. The van der Waals surface area contributed by atoms with Crippen LogP contribution < -0.4 is 0 Å². The number of phosphoric ester groups is 1. The van der Waals surface area contributed by atoms with E-state index in [0.717, 1.165) is 57.8 Å². The average molecular weight is 657 g/mol. The fraction of sp³-hybridized carbons (Fsp3) is 0.714. The largest absolute Gasteiger partial charge is 0.469 e. The van der Waals surface area contributed by atoms with Crippen LogP contribution in [-0.4, -0.2) is 52.3 Å². The van der Waals surface area contributed by atoms with Crippen LogP contribution in [0.15, 0.2) is 48.6 Å². The Hall–Kier alpha value is -2.03. The van der Waals surface area contributed by atoms with Gasteiger partial charge in [0.05, 0.1) is 12.7 Å². The molecule has 0 aromatic rings. The molecule has 0 bridgehead atoms. The summed E-state index contributed by atoms with van der Waals surface area (Å²) in [5.41, 5.74) is 0. The highest BCUT2D eigenvalue weighted by molar-refractivity contribution is 7.46. The molecule has 0 rings (SSSR count). The average Bonchev–Trinajstić information content (AvgIpc) is 3.00. The van der Waals surface area contributed by atoms with E-state index in [0.29, 0.717) is 19.3 Å². The molecule has 0 fully saturated rings. The van der Waals surface area contributed by atoms with Gasteiger partial charge in [-0.05, 0) is 44.9 Å². The molecule has 0 saturated heterocycles. The Morgan fingerprint density at radius 2 is 1.20 bits per heavy atom. The van der Waals surface area contributed by atoms with Crippen LogP contribution in [0.5, 0.6) is 0 Å². The lowest BCUT2D eigenvalue weighted by Crippen LogP contribution is -2.29. The smallest absolute Gasteiger partial charge is 0.462 e. The van der Waals surface area contributed by atoms with Crippen molar-refractivity contribution in [2.45, 2.75) is 148 Å². The molecule has 0 amide bonds. The van der Waals surface area contributed by atoms with Crippen molar-refractivity contribution in [3.63, 3.8) is 0 Å². The van der Waals surface area contributed by atoms with Crippen molar-refractivity contribution in [1.82, 2.24) is 0 Å². The molecule has 0 aromatic carbocycles. The van der Waals surface area contributed by atoms with Gasteiger partial charge in [-0.25, -0.2) is 4.57 Å². The zero-order valence-electron chi connectivity index (χ0n) is 27.9. The topological polar surface area (TPSA) is 140 Å². The van der Waals surface area contributed by atoms with Crippen LogP contribution in [0.2, 0.25) is 0 Å². The van der Waals surface area contributed by atoms with Gasteiger partial charge in [-0.1, -0.05) is 127 Å². The predicted molar refractivity (Wildman–Crippen MR) is 180 cm³/mol. The van der Waals surface area contributed by atoms with Crippen molar-refractivity contribution in [3.05, 3.63) is 48.6 Å². The normalized spacial score (nSPS) is 13.8. The van der Waals surface area contributed by atoms with E-state index in [1.54, 1.807) is 0 Å². The molecular weight excluding hydrogens is 595 g/mol. The van der Waals surface area contributed by atoms with Crippen molar-refractivity contribution >= 4 is 19.8 Å². The SMILES string of the molecule is CCCCCCCCCCCC(=O)O[C@H](COC(=O)CCC/C=C\C/C=C\C/C=C\C/C=C\[C@@H](O)CCCC)COP(=O)(O)O. The van der Waals surface area contributed by atoms with E-state index in [9.17, 15) is 19.3 Å². The lowest BCUT2D eigenvalue weighted by atomic mass is 10.1. The summed E-state index contributed by atoms with van der Waals surface area (Å²) in [6.45, 7) is 3.42. The van der Waals surface area contributed by atoms with Crippen LogP contribution in [0.25, 0.3) is 0 Å². The van der Waals surface area contributed by atoms with E-state index in [1.165, 1.54) is 32.1 Å². The van der Waals surface area contributed by atoms with Crippen LogP contribution in [0, 0.1) is 0 Å². The molecule has 0 heterocycles. The van der Waals surface area contributed by atoms with Crippen molar-refractivity contribution in [2.75, 3.05) is 13.2 Å². The van der Waals surface area contributed by atoms with Gasteiger partial charge in [-0.2, -0.15) is 0 Å². The number of allylic oxidation sites excluding steroid dienone is 7. The minimum Gasteiger partial charge on any atom is -0.462 e. The number of ether oxygens (including phenoxy) is 2. The summed E-state index contributed by atoms with van der Waals surface area (Å²) in [5, 5.41) is 9.76. The first-order chi connectivity index (χ1) is 21.7. The second kappa shape index (κ2) is 30.6. The Morgan fingerprint density at radius 1 is 0.667 bits per heavy atom. The number of esters is 2. The maximum Gasteiger partial charge on any atom is 0.469 e. The van der Waals surface area contributed by atoms with Crippen molar-refractivity contribution in [1.29, 1.82) is 0 Å². The second-order valence-corrected chi connectivity index (χ2v) is 12.6. The minimum absolute atomic E-state index is 0.174. The number of carbonyl (C=O) groups excluding carboxylic acids is 2. The van der Waals surface area contributed by atoms with Crippen molar-refractivity contribution in [3.8, 4) is 0 Å². The summed E-state index contributed by atoms with van der Waals surface area (Å²) < 4.78 is 26.1. The first-order valence-electron chi connectivity index (χ1n) is 17.0. The Bertz CT molecular complexity index is 892. The lowest BCUT2D eigenvalue weighted by Gasteiger charge is -2.18. The fourth-order valence-electron chi connectivity index (χ4n) is 4.32. The van der Waals surface area contributed by atoms with E-state index in [4.69, 9.17) is 19.3 Å². The third kappa shape index (κ3) is 33.2. The molecule has 0 unspecified atom stereocenters. The van der Waals surface area contributed by atoms with Crippen molar-refractivity contribution < 1.29 is 43.0 Å². The van der Waals surface area contributed by atoms with Gasteiger partial charge in [-0.15, -0.1) is 0 Å². The number of phosphoric acid groups is 1. The summed E-state index contributed by atoms with van der Waals surface area (Å²) in [6, 6.07) is 0. The van der Waals surface area contributed by atoms with Crippen LogP contribution in [0.4, 0.5) is 0 Å². The Morgan fingerprint density at radius 3 is 1.80 bits per heavy atom. The summed E-state index contributed by atoms with van der Waals surface area (Å²) >= 11 is 0. The molecule has 2 atom stereocenters. The lowest BCUT2D eigenvalue weighted by molar-refractivity contribution is -0.161. The molecule has 0 saturated carbocycles. The number of carbonyl (C=O) groups is 2. The van der Waals surface area contributed by atoms with Crippen LogP contribution in [-0.2, 0) is 28.2 Å². The minimum atomic E-state index is -4.76. The molecule has 3 N–H and O–H groups in total. The van der Waals surface area contributed by atoms with Gasteiger partial charge in [0.25, 0.3) is 0 Å². The van der Waals surface area contributed by atoms with E-state index in [2.05, 4.69) is 42.7 Å². The Balaban J connectivity index is 4.14. The third-order valence-electron chi connectivity index (χ3n) is 6.92. The first-order valence-corrected chi connectivity index (χ1v) is 18.6. The molecule has 0 spiro atoms. The van der Waals surface area contributed by atoms with Gasteiger partial charge in [0, 0.05) is 12.8 Å². The maximum absolute atomic E-state index is 12.2. The van der Waals surface area contributed by atoms with Gasteiger partial charge in [0.15, 0.2) is 6.10 Å². The van der Waals surface area contributed by atoms with Crippen LogP contribution in [0.3, 0.4) is 0 Å². The van der Waals surface area contributed by atoms with E-state index in [-0.39, 0.29) is 25.6 Å². The highest BCUT2D eigenvalue weighted by atomic mass is 31.2. The Labute approximate surface area is 272 Å². The van der Waals surface area contributed by atoms with Gasteiger partial charge < -0.3 is 24.4 Å². The zero-order chi connectivity index (χ0) is 33.4. The number of unbranched alkanes of at least 4 members (excludes halogenated alkanes) is 10. The molecule has 0 radical (unpaired) electrons. The van der Waals surface area contributed by atoms with Crippen LogP contribution >= 0.6 is 7.82 Å². The number of hydrogen-bond donors (Lipinski definition) is 3.